The van der Waals surface area contributed by atoms with E-state index in [4.69, 9.17) is 9.66 Å². The summed E-state index contributed by atoms with van der Waals surface area (Å²) in [6.45, 7) is -0.213. The zero-order chi connectivity index (χ0) is 18.5. The summed E-state index contributed by atoms with van der Waals surface area (Å²) in [6.07, 6.45) is 0.554. The molecule has 0 spiro atoms. The molecule has 1 saturated carbocycles. The lowest BCUT2D eigenvalue weighted by molar-refractivity contribution is 0.00188. The molecular weight excluding hydrogens is 342 g/mol. The van der Waals surface area contributed by atoms with Crippen molar-refractivity contribution in [3.05, 3.63) is 29.6 Å². The van der Waals surface area contributed by atoms with E-state index in [0.29, 0.717) is 18.4 Å². The second kappa shape index (κ2) is 8.49. The Labute approximate surface area is 139 Å². The number of carbonyl (C=O) groups is 1. The first-order valence-electron chi connectivity index (χ1n) is 7.02. The highest BCUT2D eigenvalue weighted by molar-refractivity contribution is 7.85. The van der Waals surface area contributed by atoms with Crippen LogP contribution in [0.2, 0.25) is 0 Å². The topological polar surface area (TPSA) is 154 Å². The van der Waals surface area contributed by atoms with Crippen LogP contribution < -0.4 is 0 Å². The maximum absolute atomic E-state index is 11.7. The van der Waals surface area contributed by atoms with Gasteiger partial charge in [-0.15, -0.1) is 0 Å². The standard InChI is InChI=1S/C13H17NO5.CH4O3S/c1-19-13(18)8-3-2-4-14-10(8)9-5-7(6-15)11(16)12(9)17;1-5(2,3)4/h2-4,7,9,11-12,15-17H,5-6H2,1H3;1H3,(H,2,3,4). The molecule has 0 saturated heterocycles. The maximum atomic E-state index is 11.7. The van der Waals surface area contributed by atoms with Crippen LogP contribution in [0.1, 0.15) is 28.4 Å². The van der Waals surface area contributed by atoms with Gasteiger partial charge in [0.05, 0.1) is 36.8 Å². The molecule has 24 heavy (non-hydrogen) atoms. The highest BCUT2D eigenvalue weighted by Crippen LogP contribution is 2.39. The van der Waals surface area contributed by atoms with Crippen LogP contribution in [0, 0.1) is 5.92 Å². The first-order chi connectivity index (χ1) is 11.1. The molecule has 2 rings (SSSR count). The number of aromatic nitrogens is 1. The van der Waals surface area contributed by atoms with Gasteiger partial charge in [-0.25, -0.2) is 4.79 Å². The van der Waals surface area contributed by atoms with Crippen molar-refractivity contribution in [2.45, 2.75) is 24.5 Å². The first kappa shape index (κ1) is 20.5. The minimum absolute atomic E-state index is 0.213. The summed E-state index contributed by atoms with van der Waals surface area (Å²) in [5.74, 6) is -1.42. The van der Waals surface area contributed by atoms with Gasteiger partial charge in [-0.1, -0.05) is 0 Å². The van der Waals surface area contributed by atoms with Gasteiger partial charge in [0.15, 0.2) is 0 Å². The van der Waals surface area contributed by atoms with Gasteiger partial charge in [0, 0.05) is 24.6 Å². The third-order valence-corrected chi connectivity index (χ3v) is 3.63. The number of hydrogen-bond donors (Lipinski definition) is 4. The number of methoxy groups -OCH3 is 1. The van der Waals surface area contributed by atoms with E-state index in [2.05, 4.69) is 9.72 Å². The van der Waals surface area contributed by atoms with Gasteiger partial charge in [-0.2, -0.15) is 8.42 Å². The number of nitrogens with zero attached hydrogens (tertiary/aromatic N) is 1. The minimum atomic E-state index is -3.67. The van der Waals surface area contributed by atoms with Gasteiger partial charge in [0.1, 0.15) is 0 Å². The predicted molar refractivity (Wildman–Crippen MR) is 83.0 cm³/mol. The van der Waals surface area contributed by atoms with E-state index in [9.17, 15) is 23.4 Å². The molecule has 136 valence electrons. The van der Waals surface area contributed by atoms with Gasteiger partial charge in [0.2, 0.25) is 0 Å². The molecule has 1 aliphatic rings. The predicted octanol–water partition coefficient (Wildman–Crippen LogP) is -0.810. The Hall–Kier alpha value is -1.59. The smallest absolute Gasteiger partial charge is 0.339 e. The molecule has 4 unspecified atom stereocenters. The summed E-state index contributed by atoms with van der Waals surface area (Å²) in [6, 6.07) is 3.18. The van der Waals surface area contributed by atoms with Crippen molar-refractivity contribution in [1.29, 1.82) is 0 Å². The van der Waals surface area contributed by atoms with E-state index < -0.39 is 40.1 Å². The number of aliphatic hydroxyl groups excluding tert-OH is 3. The molecule has 0 radical (unpaired) electrons. The van der Waals surface area contributed by atoms with Gasteiger partial charge in [0.25, 0.3) is 10.1 Å². The largest absolute Gasteiger partial charge is 0.465 e. The lowest BCUT2D eigenvalue weighted by atomic mass is 9.96. The lowest BCUT2D eigenvalue weighted by Gasteiger charge is -2.17. The third-order valence-electron chi connectivity index (χ3n) is 3.63. The van der Waals surface area contributed by atoms with Gasteiger partial charge >= 0.3 is 5.97 Å². The monoisotopic (exact) mass is 363 g/mol. The SMILES string of the molecule is COC(=O)c1cccnc1C1CC(CO)C(O)C1O.CS(=O)(=O)O. The Morgan fingerprint density at radius 3 is 2.42 bits per heavy atom. The Kier molecular flexibility index (Phi) is 7.24. The molecule has 1 aliphatic carbocycles. The van der Waals surface area contributed by atoms with Crippen LogP contribution in [0.15, 0.2) is 18.3 Å². The Balaban J connectivity index is 0.000000505. The zero-order valence-electron chi connectivity index (χ0n) is 13.2. The lowest BCUT2D eigenvalue weighted by Crippen LogP contribution is -2.29. The van der Waals surface area contributed by atoms with Crippen molar-refractivity contribution in [1.82, 2.24) is 4.98 Å². The maximum Gasteiger partial charge on any atom is 0.339 e. The second-order valence-electron chi connectivity index (χ2n) is 5.43. The minimum Gasteiger partial charge on any atom is -0.465 e. The Bertz CT molecular complexity index is 654. The van der Waals surface area contributed by atoms with E-state index in [1.54, 1.807) is 12.1 Å². The molecule has 1 aromatic rings. The molecule has 0 amide bonds. The molecule has 0 aliphatic heterocycles. The van der Waals surface area contributed by atoms with Crippen molar-refractivity contribution in [3.63, 3.8) is 0 Å². The summed E-state index contributed by atoms with van der Waals surface area (Å²) in [5.41, 5.74) is 0.677. The van der Waals surface area contributed by atoms with Gasteiger partial charge in [-0.3, -0.25) is 9.54 Å². The highest BCUT2D eigenvalue weighted by atomic mass is 32.2. The van der Waals surface area contributed by atoms with Crippen LogP contribution in [-0.2, 0) is 14.9 Å². The van der Waals surface area contributed by atoms with E-state index in [1.807, 2.05) is 0 Å². The number of aliphatic hydroxyl groups is 3. The molecule has 9 nitrogen and oxygen atoms in total. The molecule has 10 heteroatoms. The molecule has 0 bridgehead atoms. The van der Waals surface area contributed by atoms with Gasteiger partial charge < -0.3 is 20.1 Å². The molecular formula is C14H21NO8S. The van der Waals surface area contributed by atoms with Crippen molar-refractivity contribution in [2.75, 3.05) is 20.0 Å². The number of hydrogen-bond acceptors (Lipinski definition) is 8. The normalized spacial score (nSPS) is 26.4. The quantitative estimate of drug-likeness (QED) is 0.398. The van der Waals surface area contributed by atoms with Crippen LogP contribution in [0.5, 0.6) is 0 Å². The van der Waals surface area contributed by atoms with Crippen molar-refractivity contribution < 1.29 is 37.8 Å². The summed E-state index contributed by atoms with van der Waals surface area (Å²) in [7, 11) is -2.39. The van der Waals surface area contributed by atoms with E-state index >= 15 is 0 Å². The van der Waals surface area contributed by atoms with E-state index in [1.165, 1.54) is 13.3 Å². The van der Waals surface area contributed by atoms with Crippen molar-refractivity contribution in [3.8, 4) is 0 Å². The average molecular weight is 363 g/mol. The highest BCUT2D eigenvalue weighted by Gasteiger charge is 2.43. The number of rotatable bonds is 3. The Morgan fingerprint density at radius 1 is 1.38 bits per heavy atom. The van der Waals surface area contributed by atoms with Crippen LogP contribution in [0.25, 0.3) is 0 Å². The van der Waals surface area contributed by atoms with Crippen LogP contribution >= 0.6 is 0 Å². The van der Waals surface area contributed by atoms with E-state index in [-0.39, 0.29) is 12.2 Å². The summed E-state index contributed by atoms with van der Waals surface area (Å²) in [4.78, 5) is 15.8. The molecule has 1 fully saturated rings. The van der Waals surface area contributed by atoms with Gasteiger partial charge in [-0.05, 0) is 18.6 Å². The van der Waals surface area contributed by atoms with Crippen LogP contribution in [0.4, 0.5) is 0 Å². The number of ether oxygens (including phenoxy) is 1. The second-order valence-corrected chi connectivity index (χ2v) is 6.89. The van der Waals surface area contributed by atoms with Crippen LogP contribution in [0.3, 0.4) is 0 Å². The molecule has 4 atom stereocenters. The summed E-state index contributed by atoms with van der Waals surface area (Å²) in [5, 5.41) is 29.0. The third kappa shape index (κ3) is 5.49. The average Bonchev–Trinajstić information content (AvgIpc) is 2.80. The number of carbonyl (C=O) groups excluding carboxylic acids is 1. The molecule has 1 heterocycles. The summed E-state index contributed by atoms with van der Waals surface area (Å²) < 4.78 is 30.5. The zero-order valence-corrected chi connectivity index (χ0v) is 14.0. The fraction of sp³-hybridized carbons (Fsp3) is 0.571. The first-order valence-corrected chi connectivity index (χ1v) is 8.87. The van der Waals surface area contributed by atoms with Crippen molar-refractivity contribution >= 4 is 16.1 Å². The fourth-order valence-electron chi connectivity index (χ4n) is 2.57. The summed E-state index contributed by atoms with van der Waals surface area (Å²) >= 11 is 0. The van der Waals surface area contributed by atoms with Crippen molar-refractivity contribution in [2.24, 2.45) is 5.92 Å². The number of pyridine rings is 1. The molecule has 0 aromatic carbocycles. The Morgan fingerprint density at radius 2 is 1.96 bits per heavy atom. The number of esters is 1. The molecule has 1 aromatic heterocycles. The molecule has 4 N–H and O–H groups in total. The van der Waals surface area contributed by atoms with E-state index in [0.717, 1.165) is 0 Å². The van der Waals surface area contributed by atoms with Crippen LogP contribution in [-0.4, -0.2) is 71.4 Å². The fourth-order valence-corrected chi connectivity index (χ4v) is 2.57.